The van der Waals surface area contributed by atoms with Crippen molar-refractivity contribution in [3.05, 3.63) is 54.4 Å². The third-order valence-electron chi connectivity index (χ3n) is 4.24. The third kappa shape index (κ3) is 3.26. The Morgan fingerprint density at radius 3 is 2.65 bits per heavy atom. The van der Waals surface area contributed by atoms with Crippen molar-refractivity contribution in [3.8, 4) is 0 Å². The van der Waals surface area contributed by atoms with Crippen LogP contribution in [0.2, 0.25) is 0 Å². The number of carboxylic acids is 1. The van der Waals surface area contributed by atoms with Crippen LogP contribution in [0.15, 0.2) is 48.8 Å². The van der Waals surface area contributed by atoms with Crippen LogP contribution in [0, 0.1) is 5.92 Å². The maximum atomic E-state index is 12.3. The van der Waals surface area contributed by atoms with Crippen LogP contribution in [0.3, 0.4) is 0 Å². The molecule has 0 radical (unpaired) electrons. The number of hydrogen-bond donors (Lipinski definition) is 1. The summed E-state index contributed by atoms with van der Waals surface area (Å²) >= 11 is 0. The smallest absolute Gasteiger partial charge is 0.309 e. The Bertz CT molecular complexity index is 670. The zero-order valence-corrected chi connectivity index (χ0v) is 12.7. The molecule has 1 fully saturated rings. The lowest BCUT2D eigenvalue weighted by Crippen LogP contribution is -2.32. The molecule has 2 unspecified atom stereocenters. The lowest BCUT2D eigenvalue weighted by atomic mass is 9.94. The number of nitrogens with zero attached hydrogens (tertiary/aromatic N) is 3. The SMILES string of the molecule is O=C(O)C1CC(=O)N(CCCn2cccn2)C1c1ccccc1. The highest BCUT2D eigenvalue weighted by molar-refractivity contribution is 5.87. The van der Waals surface area contributed by atoms with Gasteiger partial charge in [0.1, 0.15) is 0 Å². The Morgan fingerprint density at radius 2 is 2.00 bits per heavy atom. The van der Waals surface area contributed by atoms with E-state index >= 15 is 0 Å². The van der Waals surface area contributed by atoms with Gasteiger partial charge < -0.3 is 10.0 Å². The van der Waals surface area contributed by atoms with Gasteiger partial charge >= 0.3 is 5.97 Å². The van der Waals surface area contributed by atoms with Crippen molar-refractivity contribution in [1.29, 1.82) is 0 Å². The van der Waals surface area contributed by atoms with Crippen LogP contribution in [-0.2, 0) is 16.1 Å². The second kappa shape index (κ2) is 6.64. The predicted octanol–water partition coefficient (Wildman–Crippen LogP) is 1.95. The van der Waals surface area contributed by atoms with E-state index in [9.17, 15) is 14.7 Å². The van der Waals surface area contributed by atoms with Crippen molar-refractivity contribution >= 4 is 11.9 Å². The van der Waals surface area contributed by atoms with E-state index in [1.54, 1.807) is 11.1 Å². The number of aliphatic carboxylic acids is 1. The molecule has 6 heteroatoms. The van der Waals surface area contributed by atoms with E-state index in [1.165, 1.54) is 0 Å². The largest absolute Gasteiger partial charge is 0.481 e. The number of aromatic nitrogens is 2. The molecule has 0 aliphatic carbocycles. The molecule has 1 amide bonds. The fraction of sp³-hybridized carbons (Fsp3) is 0.353. The van der Waals surface area contributed by atoms with Crippen molar-refractivity contribution in [2.45, 2.75) is 25.4 Å². The highest BCUT2D eigenvalue weighted by atomic mass is 16.4. The summed E-state index contributed by atoms with van der Waals surface area (Å²) in [5.41, 5.74) is 0.879. The zero-order valence-electron chi connectivity index (χ0n) is 12.7. The Kier molecular flexibility index (Phi) is 4.41. The second-order valence-electron chi connectivity index (χ2n) is 5.71. The number of hydrogen-bond acceptors (Lipinski definition) is 3. The first-order chi connectivity index (χ1) is 11.2. The summed E-state index contributed by atoms with van der Waals surface area (Å²) in [6.07, 6.45) is 4.40. The van der Waals surface area contributed by atoms with Crippen molar-refractivity contribution in [1.82, 2.24) is 14.7 Å². The summed E-state index contributed by atoms with van der Waals surface area (Å²) in [6, 6.07) is 10.9. The molecule has 2 aromatic rings. The Balaban J connectivity index is 1.75. The number of carbonyl (C=O) groups is 2. The maximum absolute atomic E-state index is 12.3. The fourth-order valence-electron chi connectivity index (χ4n) is 3.17. The first kappa shape index (κ1) is 15.3. The van der Waals surface area contributed by atoms with E-state index in [0.29, 0.717) is 13.1 Å². The van der Waals surface area contributed by atoms with Crippen LogP contribution < -0.4 is 0 Å². The second-order valence-corrected chi connectivity index (χ2v) is 5.71. The Hall–Kier alpha value is -2.63. The summed E-state index contributed by atoms with van der Waals surface area (Å²) < 4.78 is 1.81. The molecular formula is C17H19N3O3. The Labute approximate surface area is 134 Å². The van der Waals surface area contributed by atoms with E-state index in [2.05, 4.69) is 5.10 Å². The van der Waals surface area contributed by atoms with Crippen LogP contribution in [0.4, 0.5) is 0 Å². The average molecular weight is 313 g/mol. The van der Waals surface area contributed by atoms with Gasteiger partial charge in [-0.2, -0.15) is 5.10 Å². The molecule has 0 bridgehead atoms. The van der Waals surface area contributed by atoms with Gasteiger partial charge in [-0.3, -0.25) is 14.3 Å². The maximum Gasteiger partial charge on any atom is 0.309 e. The molecule has 2 heterocycles. The van der Waals surface area contributed by atoms with E-state index in [0.717, 1.165) is 12.0 Å². The molecule has 1 aromatic heterocycles. The third-order valence-corrected chi connectivity index (χ3v) is 4.24. The lowest BCUT2D eigenvalue weighted by molar-refractivity contribution is -0.142. The summed E-state index contributed by atoms with van der Waals surface area (Å²) in [6.45, 7) is 1.23. The summed E-state index contributed by atoms with van der Waals surface area (Å²) in [7, 11) is 0. The molecule has 6 nitrogen and oxygen atoms in total. The molecule has 23 heavy (non-hydrogen) atoms. The van der Waals surface area contributed by atoms with Crippen LogP contribution >= 0.6 is 0 Å². The number of carbonyl (C=O) groups excluding carboxylic acids is 1. The highest BCUT2D eigenvalue weighted by Crippen LogP contribution is 2.38. The van der Waals surface area contributed by atoms with Gasteiger partial charge in [-0.1, -0.05) is 30.3 Å². The van der Waals surface area contributed by atoms with E-state index in [-0.39, 0.29) is 18.4 Å². The van der Waals surface area contributed by atoms with Gasteiger partial charge in [0, 0.05) is 31.9 Å². The molecule has 1 N–H and O–H groups in total. The molecule has 0 spiro atoms. The minimum atomic E-state index is -0.915. The van der Waals surface area contributed by atoms with E-state index < -0.39 is 11.9 Å². The molecule has 3 rings (SSSR count). The van der Waals surface area contributed by atoms with Crippen LogP contribution in [0.25, 0.3) is 0 Å². The molecule has 2 atom stereocenters. The molecule has 0 saturated carbocycles. The van der Waals surface area contributed by atoms with Gasteiger partial charge in [0.05, 0.1) is 12.0 Å². The predicted molar refractivity (Wildman–Crippen MR) is 83.5 cm³/mol. The number of rotatable bonds is 6. The monoisotopic (exact) mass is 313 g/mol. The Morgan fingerprint density at radius 1 is 1.22 bits per heavy atom. The van der Waals surface area contributed by atoms with Crippen LogP contribution in [-0.4, -0.2) is 38.2 Å². The first-order valence-electron chi connectivity index (χ1n) is 7.71. The van der Waals surface area contributed by atoms with Gasteiger partial charge in [-0.15, -0.1) is 0 Å². The number of amides is 1. The minimum Gasteiger partial charge on any atom is -0.481 e. The minimum absolute atomic E-state index is 0.0661. The molecule has 120 valence electrons. The van der Waals surface area contributed by atoms with Crippen molar-refractivity contribution < 1.29 is 14.7 Å². The van der Waals surface area contributed by atoms with E-state index in [1.807, 2.05) is 47.3 Å². The van der Waals surface area contributed by atoms with Gasteiger partial charge in [0.25, 0.3) is 0 Å². The van der Waals surface area contributed by atoms with Crippen LogP contribution in [0.5, 0.6) is 0 Å². The van der Waals surface area contributed by atoms with Crippen molar-refractivity contribution in [3.63, 3.8) is 0 Å². The lowest BCUT2D eigenvalue weighted by Gasteiger charge is -2.27. The summed E-state index contributed by atoms with van der Waals surface area (Å²) in [4.78, 5) is 25.6. The van der Waals surface area contributed by atoms with E-state index in [4.69, 9.17) is 0 Å². The number of likely N-dealkylation sites (tertiary alicyclic amines) is 1. The summed E-state index contributed by atoms with van der Waals surface area (Å²) in [5.74, 6) is -1.69. The molecule has 1 aliphatic rings. The number of aryl methyl sites for hydroxylation is 1. The summed E-state index contributed by atoms with van der Waals surface area (Å²) in [5, 5.41) is 13.6. The normalized spacial score (nSPS) is 20.9. The van der Waals surface area contributed by atoms with Crippen molar-refractivity contribution in [2.24, 2.45) is 5.92 Å². The van der Waals surface area contributed by atoms with Gasteiger partial charge in [-0.25, -0.2) is 0 Å². The topological polar surface area (TPSA) is 75.4 Å². The number of benzene rings is 1. The van der Waals surface area contributed by atoms with Gasteiger partial charge in [0.15, 0.2) is 0 Å². The molecule has 1 aliphatic heterocycles. The zero-order chi connectivity index (χ0) is 16.2. The quantitative estimate of drug-likeness (QED) is 0.884. The van der Waals surface area contributed by atoms with Crippen molar-refractivity contribution in [2.75, 3.05) is 6.54 Å². The molecular weight excluding hydrogens is 294 g/mol. The van der Waals surface area contributed by atoms with Gasteiger partial charge in [-0.05, 0) is 18.1 Å². The molecule has 1 saturated heterocycles. The van der Waals surface area contributed by atoms with Gasteiger partial charge in [0.2, 0.25) is 5.91 Å². The highest BCUT2D eigenvalue weighted by Gasteiger charge is 2.44. The average Bonchev–Trinajstić information content (AvgIpc) is 3.17. The first-order valence-corrected chi connectivity index (χ1v) is 7.71. The standard InChI is InChI=1S/C17H19N3O3/c21-15-12-14(17(22)23)16(13-6-2-1-3-7-13)20(15)11-5-10-19-9-4-8-18-19/h1-4,6-9,14,16H,5,10-12H2,(H,22,23). The van der Waals surface area contributed by atoms with Crippen LogP contribution in [0.1, 0.15) is 24.4 Å². The fourth-order valence-corrected chi connectivity index (χ4v) is 3.17. The number of carboxylic acid groups (broad SMARTS) is 1. The molecule has 1 aromatic carbocycles.